The van der Waals surface area contributed by atoms with Gasteiger partial charge in [-0.25, -0.2) is 15.5 Å². The van der Waals surface area contributed by atoms with Gasteiger partial charge in [0.2, 0.25) is 5.88 Å². The molecule has 0 bridgehead atoms. The zero-order valence-electron chi connectivity index (χ0n) is 34.0. The number of pyridine rings is 1. The number of benzene rings is 4. The number of imidazole rings is 1. The maximum atomic E-state index is 11.7. The van der Waals surface area contributed by atoms with E-state index in [1.54, 1.807) is 79.4 Å². The summed E-state index contributed by atoms with van der Waals surface area (Å²) in [6, 6.07) is 19.1. The minimum Gasteiger partial charge on any atom is -0.505 e. The smallest absolute Gasteiger partial charge is 0.252 e. The van der Waals surface area contributed by atoms with Crippen LogP contribution in [0.3, 0.4) is 0 Å². The molecule has 4 aromatic carbocycles. The van der Waals surface area contributed by atoms with Gasteiger partial charge in [0.15, 0.2) is 21.4 Å². The number of thioether (sulfide) groups is 1. The number of phenolic OH excluding ortho intramolecular Hbond substituents is 1. The van der Waals surface area contributed by atoms with Crippen molar-refractivity contribution in [1.29, 1.82) is 5.26 Å². The largest absolute Gasteiger partial charge is 0.505 e. The quantitative estimate of drug-likeness (QED) is 0.00974. The van der Waals surface area contributed by atoms with Gasteiger partial charge < -0.3 is 25.3 Å². The lowest BCUT2D eigenvalue weighted by molar-refractivity contribution is -0.432. The Bertz CT molecular complexity index is 2960. The highest BCUT2D eigenvalue weighted by molar-refractivity contribution is 8.02. The van der Waals surface area contributed by atoms with Crippen LogP contribution in [0.4, 0.5) is 39.3 Å². The second-order valence-corrected chi connectivity index (χ2v) is 17.2. The Morgan fingerprint density at radius 2 is 1.65 bits per heavy atom. The zero-order chi connectivity index (χ0) is 45.9. The summed E-state index contributed by atoms with van der Waals surface area (Å²) in [5.41, 5.74) is 4.30. The number of aliphatic hydroxyl groups excluding tert-OH is 2. The van der Waals surface area contributed by atoms with Gasteiger partial charge in [-0.05, 0) is 79.7 Å². The van der Waals surface area contributed by atoms with Gasteiger partial charge in [0, 0.05) is 54.2 Å². The van der Waals surface area contributed by atoms with Gasteiger partial charge in [0.25, 0.3) is 5.13 Å². The van der Waals surface area contributed by atoms with E-state index in [0.29, 0.717) is 102 Å². The average Bonchev–Trinajstić information content (AvgIpc) is 3.94. The molecule has 0 unspecified atom stereocenters. The van der Waals surface area contributed by atoms with Crippen molar-refractivity contribution in [3.63, 3.8) is 0 Å². The molecule has 0 saturated carbocycles. The molecule has 0 saturated heterocycles. The first-order chi connectivity index (χ1) is 31.7. The predicted octanol–water partition coefficient (Wildman–Crippen LogP) is 10.4. The maximum absolute atomic E-state index is 11.7. The molecular formula is C39H36N12O10S4. The number of azo groups is 3. The molecule has 7 aromatic rings. The molecule has 0 spiro atoms. The molecule has 0 radical (unpaired) electrons. The highest BCUT2D eigenvalue weighted by Gasteiger charge is 2.22. The molecule has 3 aromatic heterocycles. The molecule has 0 aliphatic heterocycles. The Balaban J connectivity index is 1.22. The van der Waals surface area contributed by atoms with Crippen molar-refractivity contribution in [1.82, 2.24) is 19.6 Å². The molecule has 22 nitrogen and oxygen atoms in total. The van der Waals surface area contributed by atoms with Crippen LogP contribution in [0.25, 0.3) is 27.5 Å². The van der Waals surface area contributed by atoms with E-state index in [9.17, 15) is 25.7 Å². The number of nitrogens with zero attached hydrogens (tertiary/aromatic N) is 12. The van der Waals surface area contributed by atoms with Crippen molar-refractivity contribution in [2.45, 2.75) is 29.5 Å². The molecule has 65 heavy (non-hydrogen) atoms. The molecule has 0 aliphatic carbocycles. The molecule has 336 valence electrons. The Labute approximate surface area is 384 Å². The van der Waals surface area contributed by atoms with Crippen molar-refractivity contribution >= 4 is 114 Å². The second kappa shape index (κ2) is 22.3. The van der Waals surface area contributed by atoms with E-state index in [1.807, 2.05) is 0 Å². The molecule has 6 N–H and O–H groups in total. The Morgan fingerprint density at radius 3 is 2.43 bits per heavy atom. The first-order valence-corrected chi connectivity index (χ1v) is 22.5. The summed E-state index contributed by atoms with van der Waals surface area (Å²) < 4.78 is 11.2. The van der Waals surface area contributed by atoms with Gasteiger partial charge in [-0.2, -0.15) is 10.4 Å². The molecular weight excluding hydrogens is 925 g/mol. The van der Waals surface area contributed by atoms with Crippen molar-refractivity contribution in [3.8, 4) is 17.7 Å². The molecule has 0 amide bonds. The molecule has 26 heteroatoms. The van der Waals surface area contributed by atoms with Crippen LogP contribution in [-0.2, 0) is 18.7 Å². The summed E-state index contributed by atoms with van der Waals surface area (Å²) >= 11 is 4.11. The first kappa shape index (κ1) is 47.0. The number of nitriles is 1. The van der Waals surface area contributed by atoms with Crippen LogP contribution in [0, 0.1) is 25.2 Å². The van der Waals surface area contributed by atoms with Crippen molar-refractivity contribution < 1.29 is 49.7 Å². The second-order valence-electron chi connectivity index (χ2n) is 13.4. The highest BCUT2D eigenvalue weighted by Crippen LogP contribution is 2.46. The number of aromatic hydroxyl groups is 2. The van der Waals surface area contributed by atoms with Crippen LogP contribution < -0.4 is 4.90 Å². The maximum Gasteiger partial charge on any atom is 0.252 e. The minimum absolute atomic E-state index is 0.0476. The summed E-state index contributed by atoms with van der Waals surface area (Å²) in [6.45, 7) is 3.61. The normalized spacial score (nSPS) is 12.0. The van der Waals surface area contributed by atoms with E-state index < -0.39 is 0 Å². The third-order valence-corrected chi connectivity index (χ3v) is 12.8. The lowest BCUT2D eigenvalue weighted by atomic mass is 10.1. The number of para-hydroxylation sites is 2. The van der Waals surface area contributed by atoms with E-state index in [-0.39, 0.29) is 58.9 Å². The Kier molecular flexibility index (Phi) is 16.1. The van der Waals surface area contributed by atoms with Crippen LogP contribution in [0.2, 0.25) is 0 Å². The SMILES string of the molecule is Cc1cc(N=Nc2c(SOOO)cc3cc(N=Nc4c(C)c(C#N)c5nc6ccccc6n5c4O)ccc3c2O)c(N(CCO)CCCO)cc1N=Nc1nnc(SCCSOOO)s1. The first-order valence-electron chi connectivity index (χ1n) is 19.1. The van der Waals surface area contributed by atoms with E-state index in [4.69, 9.17) is 14.8 Å². The van der Waals surface area contributed by atoms with Gasteiger partial charge in [-0.3, -0.25) is 4.40 Å². The number of aromatic nitrogens is 4. The van der Waals surface area contributed by atoms with Crippen molar-refractivity contribution in [2.24, 2.45) is 30.7 Å². The minimum atomic E-state index is -0.305. The van der Waals surface area contributed by atoms with Crippen LogP contribution >= 0.6 is 47.2 Å². The number of rotatable bonds is 21. The third-order valence-electron chi connectivity index (χ3n) is 9.46. The summed E-state index contributed by atoms with van der Waals surface area (Å²) in [5.74, 6) is 0.557. The van der Waals surface area contributed by atoms with E-state index in [2.05, 4.69) is 66.3 Å². The van der Waals surface area contributed by atoms with E-state index in [0.717, 1.165) is 12.0 Å². The third kappa shape index (κ3) is 10.8. The van der Waals surface area contributed by atoms with Crippen molar-refractivity contribution in [3.05, 3.63) is 77.4 Å². The molecule has 0 atom stereocenters. The number of hydrogen-bond acceptors (Lipinski definition) is 25. The number of fused-ring (bicyclic) bond motifs is 4. The van der Waals surface area contributed by atoms with Crippen molar-refractivity contribution in [2.75, 3.05) is 42.7 Å². The monoisotopic (exact) mass is 960 g/mol. The van der Waals surface area contributed by atoms with Crippen LogP contribution in [0.5, 0.6) is 11.6 Å². The van der Waals surface area contributed by atoms with Gasteiger partial charge in [-0.15, -0.1) is 44.4 Å². The van der Waals surface area contributed by atoms with Gasteiger partial charge in [-0.1, -0.05) is 45.3 Å². The average molecular weight is 961 g/mol. The standard InChI is InChI=1S/C39H36N12O10S4/c1-21-16-29(31(50(11-13-53)10-5-12-52)19-28(21)43-47-38-48-49-39(64-38)62-14-15-63-60-58-56)44-46-34-32(65-61-59-57)18-23-17-24(8-9-25(23)35(34)54)42-45-33-22(2)26(20-40)36-41-27-6-3-4-7-30(27)51(36)37(33)55/h3-4,6-9,16-19,52-57H,5,10-15H2,1-2H3. The number of aryl methyl sites for hydroxylation is 1. The topological polar surface area (TPSA) is 303 Å². The number of aliphatic hydroxyl groups is 2. The summed E-state index contributed by atoms with van der Waals surface area (Å²) in [4.78, 5) is 6.51. The van der Waals surface area contributed by atoms with E-state index in [1.165, 1.54) is 27.5 Å². The molecule has 0 aliphatic rings. The Hall–Kier alpha value is -5.93. The summed E-state index contributed by atoms with van der Waals surface area (Å²) in [6.07, 6.45) is 0.370. The number of hydrogen-bond donors (Lipinski definition) is 6. The molecule has 3 heterocycles. The lowest BCUT2D eigenvalue weighted by Gasteiger charge is -2.25. The summed E-state index contributed by atoms with van der Waals surface area (Å²) in [7, 11) is 0. The molecule has 7 rings (SSSR count). The number of anilines is 1. The van der Waals surface area contributed by atoms with Gasteiger partial charge in [0.05, 0.1) is 51.6 Å². The molecule has 0 fully saturated rings. The Morgan fingerprint density at radius 1 is 0.846 bits per heavy atom. The fourth-order valence-electron chi connectivity index (χ4n) is 6.51. The summed E-state index contributed by atoms with van der Waals surface area (Å²) in [5, 5.41) is 113. The van der Waals surface area contributed by atoms with Crippen LogP contribution in [0.1, 0.15) is 23.1 Å². The fourth-order valence-corrected chi connectivity index (χ4v) is 9.10. The van der Waals surface area contributed by atoms with Crippen LogP contribution in [0.15, 0.2) is 101 Å². The van der Waals surface area contributed by atoms with Crippen LogP contribution in [-0.4, -0.2) is 88.3 Å². The van der Waals surface area contributed by atoms with Gasteiger partial charge >= 0.3 is 0 Å². The predicted molar refractivity (Wildman–Crippen MR) is 243 cm³/mol. The number of phenols is 1. The fraction of sp³-hybridized carbons (Fsp3) is 0.231. The van der Waals surface area contributed by atoms with E-state index >= 15 is 0 Å². The lowest BCUT2D eigenvalue weighted by Crippen LogP contribution is -2.28. The highest BCUT2D eigenvalue weighted by atomic mass is 32.2. The van der Waals surface area contributed by atoms with Gasteiger partial charge in [0.1, 0.15) is 23.0 Å². The zero-order valence-corrected chi connectivity index (χ0v) is 37.3.